The van der Waals surface area contributed by atoms with E-state index < -0.39 is 0 Å². The molecule has 0 unspecified atom stereocenters. The number of rotatable bonds is 3. The van der Waals surface area contributed by atoms with Crippen molar-refractivity contribution in [1.29, 1.82) is 5.26 Å². The first kappa shape index (κ1) is 15.8. The molecule has 24 heavy (non-hydrogen) atoms. The minimum absolute atomic E-state index is 0.279. The van der Waals surface area contributed by atoms with Crippen LogP contribution in [-0.4, -0.2) is 42.2 Å². The van der Waals surface area contributed by atoms with Crippen molar-refractivity contribution in [3.05, 3.63) is 59.9 Å². The second-order valence-corrected chi connectivity index (χ2v) is 5.50. The Balaban J connectivity index is 1.53. The van der Waals surface area contributed by atoms with Gasteiger partial charge in [-0.3, -0.25) is 0 Å². The SMILES string of the molecule is N#Cc1ncccc1N1CCN(C(=O)OCc2ccccc2)CC1. The normalized spacial score (nSPS) is 14.1. The highest BCUT2D eigenvalue weighted by molar-refractivity contribution is 5.68. The third-order valence-electron chi connectivity index (χ3n) is 3.98. The summed E-state index contributed by atoms with van der Waals surface area (Å²) in [5.41, 5.74) is 2.20. The minimum Gasteiger partial charge on any atom is -0.445 e. The van der Waals surface area contributed by atoms with Crippen molar-refractivity contribution in [2.24, 2.45) is 0 Å². The van der Waals surface area contributed by atoms with Gasteiger partial charge in [-0.2, -0.15) is 5.26 Å². The number of aromatic nitrogens is 1. The Morgan fingerprint density at radius 1 is 1.12 bits per heavy atom. The summed E-state index contributed by atoms with van der Waals surface area (Å²) in [5, 5.41) is 9.14. The van der Waals surface area contributed by atoms with E-state index in [1.807, 2.05) is 42.5 Å². The zero-order valence-corrected chi connectivity index (χ0v) is 13.3. The number of carbonyl (C=O) groups excluding carboxylic acids is 1. The smallest absolute Gasteiger partial charge is 0.410 e. The van der Waals surface area contributed by atoms with Crippen LogP contribution in [0.3, 0.4) is 0 Å². The third-order valence-corrected chi connectivity index (χ3v) is 3.98. The van der Waals surface area contributed by atoms with Gasteiger partial charge in [0.25, 0.3) is 0 Å². The highest BCUT2D eigenvalue weighted by Gasteiger charge is 2.23. The van der Waals surface area contributed by atoms with Crippen molar-refractivity contribution < 1.29 is 9.53 Å². The van der Waals surface area contributed by atoms with Gasteiger partial charge in [0.05, 0.1) is 5.69 Å². The lowest BCUT2D eigenvalue weighted by molar-refractivity contribution is 0.0942. The van der Waals surface area contributed by atoms with Gasteiger partial charge < -0.3 is 14.5 Å². The zero-order chi connectivity index (χ0) is 16.8. The number of piperazine rings is 1. The van der Waals surface area contributed by atoms with E-state index in [9.17, 15) is 4.79 Å². The van der Waals surface area contributed by atoms with Crippen molar-refractivity contribution in [1.82, 2.24) is 9.88 Å². The summed E-state index contributed by atoms with van der Waals surface area (Å²) in [6, 6.07) is 15.4. The van der Waals surface area contributed by atoms with E-state index in [1.165, 1.54) is 0 Å². The van der Waals surface area contributed by atoms with Crippen LogP contribution in [0.15, 0.2) is 48.7 Å². The molecule has 3 rings (SSSR count). The van der Waals surface area contributed by atoms with Crippen LogP contribution in [0.5, 0.6) is 0 Å². The van der Waals surface area contributed by atoms with Gasteiger partial charge in [0.1, 0.15) is 12.7 Å². The maximum Gasteiger partial charge on any atom is 0.410 e. The molecule has 1 fully saturated rings. The zero-order valence-electron chi connectivity index (χ0n) is 13.3. The molecule has 0 aliphatic carbocycles. The van der Waals surface area contributed by atoms with Gasteiger partial charge in [-0.25, -0.2) is 9.78 Å². The number of anilines is 1. The Kier molecular flexibility index (Phi) is 4.92. The van der Waals surface area contributed by atoms with Gasteiger partial charge in [-0.1, -0.05) is 30.3 Å². The lowest BCUT2D eigenvalue weighted by Crippen LogP contribution is -2.49. The summed E-state index contributed by atoms with van der Waals surface area (Å²) in [4.78, 5) is 20.0. The first-order valence-corrected chi connectivity index (χ1v) is 7.83. The molecule has 1 aliphatic rings. The minimum atomic E-state index is -0.301. The van der Waals surface area contributed by atoms with Crippen LogP contribution in [0.4, 0.5) is 10.5 Å². The van der Waals surface area contributed by atoms with Crippen LogP contribution in [0.1, 0.15) is 11.3 Å². The number of pyridine rings is 1. The summed E-state index contributed by atoms with van der Waals surface area (Å²) in [7, 11) is 0. The Morgan fingerprint density at radius 3 is 2.58 bits per heavy atom. The standard InChI is InChI=1S/C18H18N4O2/c19-13-16-17(7-4-8-20-16)21-9-11-22(12-10-21)18(23)24-14-15-5-2-1-3-6-15/h1-8H,9-12,14H2. The fourth-order valence-corrected chi connectivity index (χ4v) is 2.68. The fourth-order valence-electron chi connectivity index (χ4n) is 2.68. The van der Waals surface area contributed by atoms with E-state index in [-0.39, 0.29) is 12.7 Å². The molecule has 1 saturated heterocycles. The van der Waals surface area contributed by atoms with Crippen molar-refractivity contribution in [3.63, 3.8) is 0 Å². The molecule has 6 nitrogen and oxygen atoms in total. The first-order chi connectivity index (χ1) is 11.8. The summed E-state index contributed by atoms with van der Waals surface area (Å²) in [5.74, 6) is 0. The quantitative estimate of drug-likeness (QED) is 0.868. The van der Waals surface area contributed by atoms with Gasteiger partial charge in [0.2, 0.25) is 0 Å². The molecule has 0 atom stereocenters. The molecule has 2 aromatic rings. The Bertz CT molecular complexity index is 734. The van der Waals surface area contributed by atoms with Crippen LogP contribution in [0.2, 0.25) is 0 Å². The molecular formula is C18H18N4O2. The molecule has 0 bridgehead atoms. The van der Waals surface area contributed by atoms with Crippen molar-refractivity contribution in [2.75, 3.05) is 31.1 Å². The molecule has 1 aromatic carbocycles. The number of hydrogen-bond acceptors (Lipinski definition) is 5. The molecule has 2 heterocycles. The van der Waals surface area contributed by atoms with Gasteiger partial charge in [-0.05, 0) is 17.7 Å². The van der Waals surface area contributed by atoms with E-state index in [1.54, 1.807) is 11.1 Å². The Labute approximate surface area is 140 Å². The number of amides is 1. The highest BCUT2D eigenvalue weighted by atomic mass is 16.6. The molecule has 0 radical (unpaired) electrons. The summed E-state index contributed by atoms with van der Waals surface area (Å²) in [6.45, 7) is 2.71. The van der Waals surface area contributed by atoms with Crippen molar-refractivity contribution in [2.45, 2.75) is 6.61 Å². The van der Waals surface area contributed by atoms with Gasteiger partial charge in [0.15, 0.2) is 5.69 Å². The predicted molar refractivity (Wildman–Crippen MR) is 89.4 cm³/mol. The summed E-state index contributed by atoms with van der Waals surface area (Å²) in [6.07, 6.45) is 1.31. The molecule has 6 heteroatoms. The van der Waals surface area contributed by atoms with E-state index in [0.29, 0.717) is 31.9 Å². The molecule has 1 aromatic heterocycles. The fraction of sp³-hybridized carbons (Fsp3) is 0.278. The number of ether oxygens (including phenoxy) is 1. The topological polar surface area (TPSA) is 69.5 Å². The Hall–Kier alpha value is -3.07. The van der Waals surface area contributed by atoms with Crippen LogP contribution < -0.4 is 4.90 Å². The lowest BCUT2D eigenvalue weighted by atomic mass is 10.2. The van der Waals surface area contributed by atoms with Crippen LogP contribution in [0, 0.1) is 11.3 Å². The second kappa shape index (κ2) is 7.47. The number of benzene rings is 1. The van der Waals surface area contributed by atoms with E-state index in [0.717, 1.165) is 11.3 Å². The second-order valence-electron chi connectivity index (χ2n) is 5.50. The Morgan fingerprint density at radius 2 is 1.88 bits per heavy atom. The van der Waals surface area contributed by atoms with E-state index in [4.69, 9.17) is 10.00 Å². The average Bonchev–Trinajstić information content (AvgIpc) is 2.67. The molecule has 122 valence electrons. The lowest BCUT2D eigenvalue weighted by Gasteiger charge is -2.35. The van der Waals surface area contributed by atoms with Crippen molar-refractivity contribution >= 4 is 11.8 Å². The summed E-state index contributed by atoms with van der Waals surface area (Å²) < 4.78 is 5.36. The predicted octanol–water partition coefficient (Wildman–Crippen LogP) is 2.41. The molecule has 1 aliphatic heterocycles. The monoisotopic (exact) mass is 322 g/mol. The van der Waals surface area contributed by atoms with E-state index in [2.05, 4.69) is 16.0 Å². The molecule has 0 N–H and O–H groups in total. The van der Waals surface area contributed by atoms with Gasteiger partial charge in [-0.15, -0.1) is 0 Å². The first-order valence-electron chi connectivity index (χ1n) is 7.83. The number of carbonyl (C=O) groups is 1. The maximum atomic E-state index is 12.2. The average molecular weight is 322 g/mol. The number of nitriles is 1. The largest absolute Gasteiger partial charge is 0.445 e. The van der Waals surface area contributed by atoms with Crippen LogP contribution in [0.25, 0.3) is 0 Å². The molecular weight excluding hydrogens is 304 g/mol. The van der Waals surface area contributed by atoms with Gasteiger partial charge in [0, 0.05) is 32.4 Å². The van der Waals surface area contributed by atoms with Crippen molar-refractivity contribution in [3.8, 4) is 6.07 Å². The molecule has 0 saturated carbocycles. The van der Waals surface area contributed by atoms with Crippen LogP contribution in [-0.2, 0) is 11.3 Å². The maximum absolute atomic E-state index is 12.2. The number of hydrogen-bond donors (Lipinski definition) is 0. The summed E-state index contributed by atoms with van der Waals surface area (Å²) >= 11 is 0. The highest BCUT2D eigenvalue weighted by Crippen LogP contribution is 2.19. The van der Waals surface area contributed by atoms with Crippen LogP contribution >= 0.6 is 0 Å². The third kappa shape index (κ3) is 3.63. The number of nitrogens with zero attached hydrogens (tertiary/aromatic N) is 4. The molecule has 0 spiro atoms. The van der Waals surface area contributed by atoms with Gasteiger partial charge >= 0.3 is 6.09 Å². The van der Waals surface area contributed by atoms with E-state index >= 15 is 0 Å². The molecule has 1 amide bonds.